The van der Waals surface area contributed by atoms with E-state index in [1.165, 1.54) is 31.0 Å². The van der Waals surface area contributed by atoms with Crippen LogP contribution in [0.15, 0.2) is 45.8 Å². The zero-order valence-corrected chi connectivity index (χ0v) is 13.6. The van der Waals surface area contributed by atoms with E-state index >= 15 is 0 Å². The second-order valence-electron chi connectivity index (χ2n) is 4.27. The van der Waals surface area contributed by atoms with Gasteiger partial charge in [0.2, 0.25) is 0 Å². The number of benzene rings is 2. The second kappa shape index (κ2) is 6.95. The summed E-state index contributed by atoms with van der Waals surface area (Å²) >= 11 is 4.86. The lowest BCUT2D eigenvalue weighted by Gasteiger charge is -2.08. The van der Waals surface area contributed by atoms with Gasteiger partial charge in [0.15, 0.2) is 0 Å². The number of rotatable bonds is 4. The van der Waals surface area contributed by atoms with E-state index in [9.17, 15) is 9.18 Å². The largest absolute Gasteiger partial charge is 0.465 e. The van der Waals surface area contributed by atoms with E-state index in [0.717, 1.165) is 10.0 Å². The van der Waals surface area contributed by atoms with E-state index in [4.69, 9.17) is 5.73 Å². The third-order valence-corrected chi connectivity index (χ3v) is 4.69. The summed E-state index contributed by atoms with van der Waals surface area (Å²) in [4.78, 5) is 12.1. The summed E-state index contributed by atoms with van der Waals surface area (Å²) in [5.74, 6) is -0.0912. The Morgan fingerprint density at radius 2 is 2.10 bits per heavy atom. The Kier molecular flexibility index (Phi) is 5.25. The lowest BCUT2D eigenvalue weighted by atomic mass is 10.1. The number of hydrogen-bond acceptors (Lipinski definition) is 4. The number of carbonyl (C=O) groups excluding carboxylic acids is 1. The van der Waals surface area contributed by atoms with Crippen molar-refractivity contribution in [2.75, 3.05) is 12.8 Å². The maximum atomic E-state index is 13.2. The monoisotopic (exact) mass is 369 g/mol. The Bertz CT molecular complexity index is 679. The van der Waals surface area contributed by atoms with E-state index in [1.807, 2.05) is 6.07 Å². The molecule has 0 spiro atoms. The van der Waals surface area contributed by atoms with Gasteiger partial charge in [0.05, 0.1) is 12.7 Å². The van der Waals surface area contributed by atoms with Crippen molar-refractivity contribution in [3.05, 3.63) is 57.8 Å². The van der Waals surface area contributed by atoms with Gasteiger partial charge in [-0.1, -0.05) is 22.0 Å². The minimum absolute atomic E-state index is 0.313. The fraction of sp³-hybridized carbons (Fsp3) is 0.133. The number of halogens is 2. The zero-order chi connectivity index (χ0) is 15.4. The van der Waals surface area contributed by atoms with E-state index in [1.54, 1.807) is 18.2 Å². The summed E-state index contributed by atoms with van der Waals surface area (Å²) in [6.07, 6.45) is 0. The highest BCUT2D eigenvalue weighted by Gasteiger charge is 2.09. The highest BCUT2D eigenvalue weighted by molar-refractivity contribution is 9.10. The summed E-state index contributed by atoms with van der Waals surface area (Å²) in [5.41, 5.74) is 7.82. The molecule has 0 saturated heterocycles. The zero-order valence-electron chi connectivity index (χ0n) is 11.2. The molecule has 6 heteroatoms. The predicted molar refractivity (Wildman–Crippen MR) is 85.9 cm³/mol. The van der Waals surface area contributed by atoms with Gasteiger partial charge in [-0.2, -0.15) is 0 Å². The summed E-state index contributed by atoms with van der Waals surface area (Å²) in [5, 5.41) is 0. The molecule has 0 unspecified atom stereocenters. The van der Waals surface area contributed by atoms with Gasteiger partial charge < -0.3 is 10.5 Å². The molecule has 0 aliphatic heterocycles. The third kappa shape index (κ3) is 3.98. The van der Waals surface area contributed by atoms with Crippen molar-refractivity contribution in [3.8, 4) is 0 Å². The summed E-state index contributed by atoms with van der Waals surface area (Å²) in [6.45, 7) is 0. The van der Waals surface area contributed by atoms with Crippen molar-refractivity contribution in [3.63, 3.8) is 0 Å². The average molecular weight is 370 g/mol. The van der Waals surface area contributed by atoms with Gasteiger partial charge in [-0.25, -0.2) is 9.18 Å². The first-order valence-corrected chi connectivity index (χ1v) is 7.83. The Balaban J connectivity index is 2.13. The minimum Gasteiger partial charge on any atom is -0.465 e. The van der Waals surface area contributed by atoms with Crippen LogP contribution >= 0.6 is 27.7 Å². The van der Waals surface area contributed by atoms with Crippen LogP contribution in [0.4, 0.5) is 10.1 Å². The van der Waals surface area contributed by atoms with Crippen molar-refractivity contribution in [1.29, 1.82) is 0 Å². The van der Waals surface area contributed by atoms with Gasteiger partial charge in [-0.05, 0) is 35.9 Å². The normalized spacial score (nSPS) is 10.4. The minimum atomic E-state index is -0.385. The fourth-order valence-electron chi connectivity index (χ4n) is 1.70. The van der Waals surface area contributed by atoms with Crippen LogP contribution < -0.4 is 5.73 Å². The molecule has 0 fully saturated rings. The van der Waals surface area contributed by atoms with Crippen molar-refractivity contribution in [1.82, 2.24) is 0 Å². The summed E-state index contributed by atoms with van der Waals surface area (Å²) in [7, 11) is 1.34. The number of nitrogens with two attached hydrogens (primary N) is 1. The standard InChI is InChI=1S/C15H13BrFNO2S/c1-20-15(19)9-2-3-10(12(16)6-9)8-21-14-7-11(17)4-5-13(14)18/h2-7H,8,18H2,1H3. The maximum absolute atomic E-state index is 13.2. The molecule has 0 atom stereocenters. The van der Waals surface area contributed by atoms with E-state index in [-0.39, 0.29) is 11.8 Å². The summed E-state index contributed by atoms with van der Waals surface area (Å²) in [6, 6.07) is 9.53. The third-order valence-electron chi connectivity index (χ3n) is 2.83. The molecule has 0 aromatic heterocycles. The first-order valence-electron chi connectivity index (χ1n) is 6.06. The first-order chi connectivity index (χ1) is 10.0. The van der Waals surface area contributed by atoms with Gasteiger partial charge in [-0.3, -0.25) is 0 Å². The number of ether oxygens (including phenoxy) is 1. The van der Waals surface area contributed by atoms with Crippen LogP contribution in [0.5, 0.6) is 0 Å². The molecular weight excluding hydrogens is 357 g/mol. The van der Waals surface area contributed by atoms with Crippen molar-refractivity contribution < 1.29 is 13.9 Å². The lowest BCUT2D eigenvalue weighted by molar-refractivity contribution is 0.0600. The van der Waals surface area contributed by atoms with Crippen LogP contribution in [0, 0.1) is 5.82 Å². The molecule has 0 amide bonds. The van der Waals surface area contributed by atoms with E-state index in [2.05, 4.69) is 20.7 Å². The fourth-order valence-corrected chi connectivity index (χ4v) is 3.40. The lowest BCUT2D eigenvalue weighted by Crippen LogP contribution is -2.01. The molecule has 2 N–H and O–H groups in total. The SMILES string of the molecule is COC(=O)c1ccc(CSc2cc(F)ccc2N)c(Br)c1. The first kappa shape index (κ1) is 15.9. The van der Waals surface area contributed by atoms with Crippen LogP contribution in [0.1, 0.15) is 15.9 Å². The summed E-state index contributed by atoms with van der Waals surface area (Å²) < 4.78 is 18.7. The van der Waals surface area contributed by atoms with E-state index in [0.29, 0.717) is 21.9 Å². The van der Waals surface area contributed by atoms with Crippen LogP contribution in [-0.2, 0) is 10.5 Å². The number of thioether (sulfide) groups is 1. The Morgan fingerprint density at radius 1 is 1.33 bits per heavy atom. The average Bonchev–Trinajstić information content (AvgIpc) is 2.48. The Hall–Kier alpha value is -1.53. The van der Waals surface area contributed by atoms with Crippen LogP contribution in [0.25, 0.3) is 0 Å². The van der Waals surface area contributed by atoms with Crippen molar-refractivity contribution in [2.45, 2.75) is 10.6 Å². The smallest absolute Gasteiger partial charge is 0.337 e. The molecule has 2 rings (SSSR count). The number of anilines is 1. The molecule has 0 radical (unpaired) electrons. The molecule has 2 aromatic carbocycles. The number of carbonyl (C=O) groups is 1. The predicted octanol–water partition coefficient (Wildman–Crippen LogP) is 4.25. The molecule has 0 heterocycles. The molecule has 0 bridgehead atoms. The van der Waals surface area contributed by atoms with Crippen LogP contribution in [-0.4, -0.2) is 13.1 Å². The molecule has 0 aliphatic rings. The number of methoxy groups -OCH3 is 1. The van der Waals surface area contributed by atoms with Gasteiger partial charge >= 0.3 is 5.97 Å². The molecule has 21 heavy (non-hydrogen) atoms. The van der Waals surface area contributed by atoms with Crippen molar-refractivity contribution >= 4 is 39.3 Å². The molecule has 3 nitrogen and oxygen atoms in total. The van der Waals surface area contributed by atoms with Gasteiger partial charge in [0, 0.05) is 20.8 Å². The highest BCUT2D eigenvalue weighted by atomic mass is 79.9. The molecule has 0 saturated carbocycles. The topological polar surface area (TPSA) is 52.3 Å². The molecular formula is C15H13BrFNO2S. The molecule has 2 aromatic rings. The second-order valence-corrected chi connectivity index (χ2v) is 6.14. The maximum Gasteiger partial charge on any atom is 0.337 e. The van der Waals surface area contributed by atoms with Crippen LogP contribution in [0.2, 0.25) is 0 Å². The number of nitrogen functional groups attached to an aromatic ring is 1. The van der Waals surface area contributed by atoms with Crippen LogP contribution in [0.3, 0.4) is 0 Å². The van der Waals surface area contributed by atoms with Gasteiger partial charge in [-0.15, -0.1) is 11.8 Å². The Labute approximate surface area is 134 Å². The van der Waals surface area contributed by atoms with Gasteiger partial charge in [0.1, 0.15) is 5.82 Å². The Morgan fingerprint density at radius 3 is 2.76 bits per heavy atom. The number of esters is 1. The molecule has 110 valence electrons. The number of hydrogen-bond donors (Lipinski definition) is 1. The van der Waals surface area contributed by atoms with E-state index < -0.39 is 0 Å². The molecule has 0 aliphatic carbocycles. The quantitative estimate of drug-likeness (QED) is 0.497. The van der Waals surface area contributed by atoms with Gasteiger partial charge in [0.25, 0.3) is 0 Å². The highest BCUT2D eigenvalue weighted by Crippen LogP contribution is 2.31. The van der Waals surface area contributed by atoms with Crippen molar-refractivity contribution in [2.24, 2.45) is 0 Å².